The topological polar surface area (TPSA) is 157 Å². The van der Waals surface area contributed by atoms with Crippen molar-refractivity contribution in [2.75, 3.05) is 26.2 Å². The summed E-state index contributed by atoms with van der Waals surface area (Å²) in [6, 6.07) is 14.4. The maximum absolute atomic E-state index is 13.6. The van der Waals surface area contributed by atoms with Crippen LogP contribution in [0.1, 0.15) is 48.8 Å². The molecule has 1 saturated heterocycles. The first-order valence-corrected chi connectivity index (χ1v) is 14.0. The predicted octanol–water partition coefficient (Wildman–Crippen LogP) is 2.06. The van der Waals surface area contributed by atoms with E-state index in [1.54, 1.807) is 6.07 Å². The zero-order chi connectivity index (χ0) is 25.9. The zero-order valence-electron chi connectivity index (χ0n) is 21.0. The van der Waals surface area contributed by atoms with Crippen molar-refractivity contribution in [3.63, 3.8) is 0 Å². The average Bonchev–Trinajstić information content (AvgIpc) is 2.89. The molecule has 1 fully saturated rings. The third kappa shape index (κ3) is 8.31. The molecule has 1 aliphatic rings. The standard InChI is InChI=1S/C27H40N6O2S/c28-13-2-1-5-21-6-4-9-24(18-21)36(35)32-25(19-22-7-3-8-23(17-22)26(30)31)27(34)33-15-11-20(10-14-29)12-16-33/h3-4,6-9,17-18,20,25,32H,1-2,5,10-16,19,28-29H2,(H3,30,31)/t25-,36?/m0/s1. The van der Waals surface area contributed by atoms with Gasteiger partial charge in [-0.15, -0.1) is 4.72 Å². The molecule has 196 valence electrons. The van der Waals surface area contributed by atoms with Crippen molar-refractivity contribution in [3.8, 4) is 0 Å². The average molecular weight is 513 g/mol. The van der Waals surface area contributed by atoms with Gasteiger partial charge in [0.2, 0.25) is 5.91 Å². The van der Waals surface area contributed by atoms with E-state index in [0.717, 1.165) is 49.7 Å². The number of nitrogens with zero attached hydrogens (tertiary/aromatic N) is 1. The minimum atomic E-state index is -1.56. The van der Waals surface area contributed by atoms with Gasteiger partial charge in [0.25, 0.3) is 0 Å². The van der Waals surface area contributed by atoms with Crippen molar-refractivity contribution in [1.29, 1.82) is 5.41 Å². The number of unbranched alkanes of at least 4 members (excludes halogenated alkanes) is 1. The number of carbonyl (C=O) groups is 1. The summed E-state index contributed by atoms with van der Waals surface area (Å²) in [7, 11) is 0. The first-order chi connectivity index (χ1) is 17.4. The first-order valence-electron chi connectivity index (χ1n) is 12.8. The maximum atomic E-state index is 13.6. The Labute approximate surface area is 217 Å². The first kappa shape index (κ1) is 28.1. The lowest BCUT2D eigenvalue weighted by molar-refractivity contribution is -0.134. The second-order valence-corrected chi connectivity index (χ2v) is 10.7. The molecule has 0 radical (unpaired) electrons. The fraction of sp³-hybridized carbons (Fsp3) is 0.481. The molecule has 1 heterocycles. The maximum Gasteiger partial charge on any atom is 0.244 e. The minimum Gasteiger partial charge on any atom is -0.593 e. The molecule has 0 bridgehead atoms. The molecule has 2 aromatic rings. The van der Waals surface area contributed by atoms with E-state index in [2.05, 4.69) is 4.72 Å². The van der Waals surface area contributed by atoms with Crippen LogP contribution in [0.5, 0.6) is 0 Å². The molecule has 9 heteroatoms. The normalized spacial score (nSPS) is 16.0. The monoisotopic (exact) mass is 512 g/mol. The van der Waals surface area contributed by atoms with Crippen molar-refractivity contribution in [3.05, 3.63) is 65.2 Å². The van der Waals surface area contributed by atoms with Crippen LogP contribution in [0.3, 0.4) is 0 Å². The van der Waals surface area contributed by atoms with Crippen LogP contribution in [0.15, 0.2) is 53.4 Å². The number of amides is 1. The summed E-state index contributed by atoms with van der Waals surface area (Å²) in [6.07, 6.45) is 6.00. The summed E-state index contributed by atoms with van der Waals surface area (Å²) in [5, 5.41) is 7.74. The highest BCUT2D eigenvalue weighted by atomic mass is 32.2. The Morgan fingerprint density at radius 2 is 1.81 bits per heavy atom. The van der Waals surface area contributed by atoms with Crippen molar-refractivity contribution >= 4 is 23.1 Å². The molecular weight excluding hydrogens is 472 g/mol. The van der Waals surface area contributed by atoms with Crippen molar-refractivity contribution in [2.45, 2.75) is 55.9 Å². The number of nitrogens with two attached hydrogens (primary N) is 3. The highest BCUT2D eigenvalue weighted by Gasteiger charge is 2.32. The lowest BCUT2D eigenvalue weighted by Crippen LogP contribution is -2.51. The lowest BCUT2D eigenvalue weighted by Gasteiger charge is -2.34. The minimum absolute atomic E-state index is 0.0234. The molecular formula is C27H40N6O2S. The summed E-state index contributed by atoms with van der Waals surface area (Å²) in [6.45, 7) is 2.68. The number of benzene rings is 2. The Bertz CT molecular complexity index is 996. The number of carbonyl (C=O) groups excluding carboxylic acids is 1. The molecule has 1 unspecified atom stereocenters. The molecule has 8 N–H and O–H groups in total. The summed E-state index contributed by atoms with van der Waals surface area (Å²) >= 11 is -1.56. The van der Waals surface area contributed by atoms with Gasteiger partial charge in [0.15, 0.2) is 4.90 Å². The highest BCUT2D eigenvalue weighted by molar-refractivity contribution is 7.89. The number of rotatable bonds is 13. The van der Waals surface area contributed by atoms with Gasteiger partial charge in [-0.3, -0.25) is 10.2 Å². The molecule has 0 spiro atoms. The van der Waals surface area contributed by atoms with Crippen LogP contribution in [0, 0.1) is 11.3 Å². The van der Waals surface area contributed by atoms with Crippen molar-refractivity contribution < 1.29 is 9.35 Å². The molecule has 2 atom stereocenters. The zero-order valence-corrected chi connectivity index (χ0v) is 21.8. The second-order valence-electron chi connectivity index (χ2n) is 9.50. The quantitative estimate of drug-likeness (QED) is 0.120. The van der Waals surface area contributed by atoms with Crippen LogP contribution >= 0.6 is 0 Å². The summed E-state index contributed by atoms with van der Waals surface area (Å²) in [5.41, 5.74) is 19.6. The van der Waals surface area contributed by atoms with Crippen LogP contribution in [-0.4, -0.2) is 53.4 Å². The predicted molar refractivity (Wildman–Crippen MR) is 146 cm³/mol. The van der Waals surface area contributed by atoms with Gasteiger partial charge in [-0.25, -0.2) is 0 Å². The highest BCUT2D eigenvalue weighted by Crippen LogP contribution is 2.22. The Kier molecular flexibility index (Phi) is 11.2. The molecule has 0 saturated carbocycles. The number of amidine groups is 1. The molecule has 0 aromatic heterocycles. The Morgan fingerprint density at radius 1 is 1.08 bits per heavy atom. The third-order valence-electron chi connectivity index (χ3n) is 6.76. The summed E-state index contributed by atoms with van der Waals surface area (Å²) in [4.78, 5) is 16.1. The van der Waals surface area contributed by atoms with Gasteiger partial charge in [-0.2, -0.15) is 0 Å². The number of nitrogen functional groups attached to an aromatic ring is 1. The SMILES string of the molecule is N=C(N)c1cccc(C[C@H](N[S+]([O-])c2cccc(CCCCN)c2)C(=O)N2CCC(CCN)CC2)c1. The molecule has 8 nitrogen and oxygen atoms in total. The van der Waals surface area contributed by atoms with Crippen molar-refractivity contribution in [1.82, 2.24) is 9.62 Å². The number of hydrogen-bond acceptors (Lipinski definition) is 6. The molecule has 3 rings (SSSR count). The fourth-order valence-corrected chi connectivity index (χ4v) is 5.71. The van der Waals surface area contributed by atoms with E-state index < -0.39 is 17.4 Å². The second kappa shape index (κ2) is 14.3. The number of hydrogen-bond donors (Lipinski definition) is 5. The number of aryl methyl sites for hydroxylation is 1. The number of likely N-dealkylation sites (tertiary alicyclic amines) is 1. The van der Waals surface area contributed by atoms with E-state index in [1.807, 2.05) is 47.4 Å². The van der Waals surface area contributed by atoms with Crippen LogP contribution in [0.25, 0.3) is 0 Å². The molecule has 1 amide bonds. The van der Waals surface area contributed by atoms with Gasteiger partial charge in [0.1, 0.15) is 11.9 Å². The molecule has 36 heavy (non-hydrogen) atoms. The third-order valence-corrected chi connectivity index (χ3v) is 7.94. The molecule has 0 aliphatic carbocycles. The van der Waals surface area contributed by atoms with Crippen molar-refractivity contribution in [2.24, 2.45) is 23.1 Å². The van der Waals surface area contributed by atoms with Gasteiger partial charge in [-0.05, 0) is 86.9 Å². The molecule has 1 aliphatic heterocycles. The lowest BCUT2D eigenvalue weighted by atomic mass is 9.93. The van der Waals surface area contributed by atoms with Gasteiger partial charge < -0.3 is 26.7 Å². The van der Waals surface area contributed by atoms with Gasteiger partial charge in [0, 0.05) is 25.1 Å². The number of nitrogens with one attached hydrogen (secondary N) is 2. The van der Waals surface area contributed by atoms with Crippen LogP contribution < -0.4 is 21.9 Å². The largest absolute Gasteiger partial charge is 0.593 e. The van der Waals surface area contributed by atoms with Gasteiger partial charge in [-0.1, -0.05) is 30.3 Å². The Morgan fingerprint density at radius 3 is 2.50 bits per heavy atom. The van der Waals surface area contributed by atoms with E-state index in [4.69, 9.17) is 22.6 Å². The Hall–Kier alpha value is -2.43. The summed E-state index contributed by atoms with van der Waals surface area (Å²) in [5.74, 6) is 0.473. The van der Waals surface area contributed by atoms with Crippen LogP contribution in [0.2, 0.25) is 0 Å². The fourth-order valence-electron chi connectivity index (χ4n) is 4.67. The van der Waals surface area contributed by atoms with E-state index in [-0.39, 0.29) is 11.7 Å². The van der Waals surface area contributed by atoms with E-state index >= 15 is 0 Å². The van der Waals surface area contributed by atoms with E-state index in [0.29, 0.717) is 49.0 Å². The summed E-state index contributed by atoms with van der Waals surface area (Å²) < 4.78 is 16.5. The smallest absolute Gasteiger partial charge is 0.244 e. The number of piperidine rings is 1. The van der Waals surface area contributed by atoms with E-state index in [9.17, 15) is 9.35 Å². The van der Waals surface area contributed by atoms with Crippen LogP contribution in [0.4, 0.5) is 0 Å². The Balaban J connectivity index is 1.76. The van der Waals surface area contributed by atoms with E-state index in [1.165, 1.54) is 0 Å². The van der Waals surface area contributed by atoms with Gasteiger partial charge >= 0.3 is 0 Å². The molecule has 2 aromatic carbocycles. The van der Waals surface area contributed by atoms with Gasteiger partial charge in [0.05, 0.1) is 11.4 Å². The van der Waals surface area contributed by atoms with Crippen LogP contribution in [-0.2, 0) is 29.0 Å².